The molecule has 4 nitrogen and oxygen atoms in total. The summed E-state index contributed by atoms with van der Waals surface area (Å²) in [4.78, 5) is 0. The second-order valence-electron chi connectivity index (χ2n) is 17.6. The highest BCUT2D eigenvalue weighted by atomic mass is 32.1. The fourth-order valence-corrected chi connectivity index (χ4v) is 12.6. The lowest BCUT2D eigenvalue weighted by molar-refractivity contribution is 1.08. The monoisotopic (exact) mass is 900 g/mol. The lowest BCUT2D eigenvalue weighted by Gasteiger charge is -2.16. The summed E-state index contributed by atoms with van der Waals surface area (Å²) < 4.78 is 12.6. The van der Waals surface area contributed by atoms with E-state index >= 15 is 0 Å². The standard InChI is InChI=1S/C62H38N4S.C2H6/c1-3-18-40(19-4-1)63-48-27-11-8-23-44(48)60-52(63)30-16-32-54(60)65-50-29-13-7-22-43(50)59-47-38-39(42-26-15-35-57-58(42)46-25-10-14-34-56(46)67-57)36-37-51(47)66(62(59)65)55-33-17-31-53-61(55)45-24-9-12-28-49(45)64(53)41-20-5-2-6-21-41;1-2/h1-38H;1-2H3. The number of thiophene rings is 1. The van der Waals surface area contributed by atoms with Crippen molar-refractivity contribution in [3.8, 4) is 33.9 Å². The molecule has 0 spiro atoms. The molecule has 0 radical (unpaired) electrons. The average Bonchev–Trinajstić information content (AvgIpc) is 4.22. The first kappa shape index (κ1) is 39.5. The minimum atomic E-state index is 1.14. The van der Waals surface area contributed by atoms with Gasteiger partial charge in [-0.2, -0.15) is 0 Å². The van der Waals surface area contributed by atoms with Gasteiger partial charge in [0.2, 0.25) is 0 Å². The zero-order valence-corrected chi connectivity index (χ0v) is 39.0. The molecule has 0 amide bonds. The lowest BCUT2D eigenvalue weighted by Crippen LogP contribution is -2.03. The van der Waals surface area contributed by atoms with Crippen molar-refractivity contribution in [3.63, 3.8) is 0 Å². The fourth-order valence-electron chi connectivity index (χ4n) is 11.5. The van der Waals surface area contributed by atoms with Gasteiger partial charge in [0.05, 0.1) is 44.5 Å². The summed E-state index contributed by atoms with van der Waals surface area (Å²) in [5.74, 6) is 0. The molecular weight excluding hydrogens is 857 g/mol. The van der Waals surface area contributed by atoms with Crippen LogP contribution in [-0.4, -0.2) is 18.3 Å². The number of hydrogen-bond acceptors (Lipinski definition) is 1. The number of aromatic nitrogens is 4. The van der Waals surface area contributed by atoms with Gasteiger partial charge in [0.25, 0.3) is 0 Å². The summed E-state index contributed by atoms with van der Waals surface area (Å²) in [6, 6.07) is 84.9. The van der Waals surface area contributed by atoms with E-state index in [1.165, 1.54) is 102 Å². The van der Waals surface area contributed by atoms with E-state index in [2.05, 4.69) is 249 Å². The van der Waals surface area contributed by atoms with Crippen LogP contribution in [0.25, 0.3) is 130 Å². The van der Waals surface area contributed by atoms with Gasteiger partial charge in [-0.1, -0.05) is 153 Å². The van der Waals surface area contributed by atoms with E-state index in [4.69, 9.17) is 0 Å². The van der Waals surface area contributed by atoms with Crippen molar-refractivity contribution in [2.45, 2.75) is 13.8 Å². The molecule has 0 aliphatic rings. The topological polar surface area (TPSA) is 19.7 Å². The molecule has 5 heterocycles. The van der Waals surface area contributed by atoms with E-state index in [0.29, 0.717) is 0 Å². The number of nitrogens with zero attached hydrogens (tertiary/aromatic N) is 4. The maximum absolute atomic E-state index is 2.58. The van der Waals surface area contributed by atoms with Crippen LogP contribution in [0.5, 0.6) is 0 Å². The first-order chi connectivity index (χ1) is 34.3. The first-order valence-electron chi connectivity index (χ1n) is 23.9. The Labute approximate surface area is 402 Å². The number of para-hydroxylation sites is 5. The highest BCUT2D eigenvalue weighted by Crippen LogP contribution is 2.48. The summed E-state index contributed by atoms with van der Waals surface area (Å²) >= 11 is 1.87. The van der Waals surface area contributed by atoms with Crippen LogP contribution in [0.3, 0.4) is 0 Å². The van der Waals surface area contributed by atoms with Crippen LogP contribution in [0, 0.1) is 0 Å². The Kier molecular flexibility index (Phi) is 8.85. The maximum Gasteiger partial charge on any atom is 0.131 e. The van der Waals surface area contributed by atoms with Crippen LogP contribution in [0.2, 0.25) is 0 Å². The van der Waals surface area contributed by atoms with Crippen molar-refractivity contribution < 1.29 is 0 Å². The Balaban J connectivity index is 0.00000221. The highest BCUT2D eigenvalue weighted by molar-refractivity contribution is 7.25. The molecular formula is C64H44N4S. The highest BCUT2D eigenvalue weighted by Gasteiger charge is 2.27. The van der Waals surface area contributed by atoms with Gasteiger partial charge in [-0.25, -0.2) is 0 Å². The molecule has 0 fully saturated rings. The van der Waals surface area contributed by atoms with E-state index in [-0.39, 0.29) is 0 Å². The third kappa shape index (κ3) is 5.62. The summed E-state index contributed by atoms with van der Waals surface area (Å²) in [5, 5.41) is 11.2. The van der Waals surface area contributed by atoms with E-state index in [9.17, 15) is 0 Å². The molecule has 0 N–H and O–H groups in total. The second-order valence-corrected chi connectivity index (χ2v) is 18.7. The molecule has 0 aliphatic carbocycles. The van der Waals surface area contributed by atoms with Crippen molar-refractivity contribution in [2.24, 2.45) is 0 Å². The first-order valence-corrected chi connectivity index (χ1v) is 24.8. The molecule has 5 aromatic heterocycles. The molecule has 15 aromatic rings. The molecule has 0 aliphatic heterocycles. The van der Waals surface area contributed by atoms with Crippen molar-refractivity contribution >= 4 is 108 Å². The number of benzene rings is 10. The Hall–Kier alpha value is -8.64. The Morgan fingerprint density at radius 1 is 0.290 bits per heavy atom. The lowest BCUT2D eigenvalue weighted by atomic mass is 9.98. The van der Waals surface area contributed by atoms with Crippen LogP contribution < -0.4 is 0 Å². The van der Waals surface area contributed by atoms with Gasteiger partial charge < -0.3 is 9.13 Å². The summed E-state index contributed by atoms with van der Waals surface area (Å²) in [7, 11) is 0. The smallest absolute Gasteiger partial charge is 0.131 e. The minimum Gasteiger partial charge on any atom is -0.309 e. The normalized spacial score (nSPS) is 11.9. The minimum absolute atomic E-state index is 1.14. The number of rotatable bonds is 5. The molecule has 0 unspecified atom stereocenters. The third-order valence-electron chi connectivity index (χ3n) is 14.1. The van der Waals surface area contributed by atoms with E-state index in [1.54, 1.807) is 0 Å². The van der Waals surface area contributed by atoms with Crippen LogP contribution in [0.1, 0.15) is 13.8 Å². The predicted molar refractivity (Wildman–Crippen MR) is 296 cm³/mol. The van der Waals surface area contributed by atoms with Gasteiger partial charge in [0.15, 0.2) is 0 Å². The Bertz CT molecular complexity index is 4500. The van der Waals surface area contributed by atoms with Gasteiger partial charge in [0, 0.05) is 69.3 Å². The number of fused-ring (bicyclic) bond motifs is 14. The second kappa shape index (κ2) is 15.5. The van der Waals surface area contributed by atoms with Crippen molar-refractivity contribution in [1.82, 2.24) is 18.3 Å². The average molecular weight is 901 g/mol. The van der Waals surface area contributed by atoms with E-state index in [1.807, 2.05) is 25.2 Å². The molecule has 0 atom stereocenters. The largest absolute Gasteiger partial charge is 0.309 e. The van der Waals surface area contributed by atoms with Crippen molar-refractivity contribution in [3.05, 3.63) is 231 Å². The predicted octanol–water partition coefficient (Wildman–Crippen LogP) is 18.0. The van der Waals surface area contributed by atoms with Crippen LogP contribution in [0.4, 0.5) is 0 Å². The zero-order valence-electron chi connectivity index (χ0n) is 38.1. The number of hydrogen-bond donors (Lipinski definition) is 0. The molecule has 0 bridgehead atoms. The SMILES string of the molecule is CC.c1ccc(-n2c3ccccc3c3c(-n4c5ccccc5c5c6cc(-c7cccc8sc9ccccc9c78)ccc6n(-c6cccc7c6c6ccccc6n7-c6ccccc6)c54)cccc32)cc1. The van der Waals surface area contributed by atoms with Gasteiger partial charge in [0.1, 0.15) is 5.65 Å². The molecule has 69 heavy (non-hydrogen) atoms. The van der Waals surface area contributed by atoms with Gasteiger partial charge >= 0.3 is 0 Å². The molecule has 0 saturated carbocycles. The van der Waals surface area contributed by atoms with Crippen LogP contribution in [-0.2, 0) is 0 Å². The third-order valence-corrected chi connectivity index (χ3v) is 15.3. The molecule has 0 saturated heterocycles. The summed E-state index contributed by atoms with van der Waals surface area (Å²) in [6.45, 7) is 4.00. The maximum atomic E-state index is 2.58. The quantitative estimate of drug-likeness (QED) is 0.164. The van der Waals surface area contributed by atoms with Gasteiger partial charge in [-0.05, 0) is 102 Å². The van der Waals surface area contributed by atoms with Gasteiger partial charge in [-0.3, -0.25) is 9.13 Å². The van der Waals surface area contributed by atoms with Crippen molar-refractivity contribution in [1.29, 1.82) is 0 Å². The van der Waals surface area contributed by atoms with Gasteiger partial charge in [-0.15, -0.1) is 11.3 Å². The molecule has 10 aromatic carbocycles. The zero-order chi connectivity index (χ0) is 45.7. The van der Waals surface area contributed by atoms with Crippen molar-refractivity contribution in [2.75, 3.05) is 0 Å². The van der Waals surface area contributed by atoms with E-state index < -0.39 is 0 Å². The fraction of sp³-hybridized carbons (Fsp3) is 0.0312. The molecule has 15 rings (SSSR count). The Morgan fingerprint density at radius 3 is 1.30 bits per heavy atom. The van der Waals surface area contributed by atoms with Crippen LogP contribution in [0.15, 0.2) is 231 Å². The van der Waals surface area contributed by atoms with E-state index in [0.717, 1.165) is 28.4 Å². The molecule has 5 heteroatoms. The van der Waals surface area contributed by atoms with Crippen LogP contribution >= 0.6 is 11.3 Å². The summed E-state index contributed by atoms with van der Waals surface area (Å²) in [6.07, 6.45) is 0. The molecule has 326 valence electrons. The summed E-state index contributed by atoms with van der Waals surface area (Å²) in [5.41, 5.74) is 15.2. The Morgan fingerprint density at radius 2 is 0.725 bits per heavy atom.